The summed E-state index contributed by atoms with van der Waals surface area (Å²) in [7, 11) is 0. The second-order valence-corrected chi connectivity index (χ2v) is 4.91. The molecule has 1 heterocycles. The van der Waals surface area contributed by atoms with Gasteiger partial charge in [-0.3, -0.25) is 4.79 Å². The van der Waals surface area contributed by atoms with Crippen molar-refractivity contribution in [3.63, 3.8) is 0 Å². The predicted molar refractivity (Wildman–Crippen MR) is 75.5 cm³/mol. The zero-order chi connectivity index (χ0) is 13.4. The lowest BCUT2D eigenvalue weighted by Gasteiger charge is -2.05. The van der Waals surface area contributed by atoms with Gasteiger partial charge in [0.05, 0.1) is 10.9 Å². The van der Waals surface area contributed by atoms with Crippen LogP contribution >= 0.6 is 15.9 Å². The Hall–Kier alpha value is -2.01. The fourth-order valence-corrected chi connectivity index (χ4v) is 2.33. The van der Waals surface area contributed by atoms with Crippen molar-refractivity contribution in [2.75, 3.05) is 0 Å². The Morgan fingerprint density at radius 1 is 1.16 bits per heavy atom. The molecule has 2 aromatic carbocycles. The van der Waals surface area contributed by atoms with Crippen LogP contribution in [0.15, 0.2) is 51.7 Å². The average molecular weight is 319 g/mol. The summed E-state index contributed by atoms with van der Waals surface area (Å²) < 4.78 is 14.0. The highest BCUT2D eigenvalue weighted by Gasteiger charge is 2.09. The lowest BCUT2D eigenvalue weighted by Crippen LogP contribution is -2.09. The molecule has 94 valence electrons. The van der Waals surface area contributed by atoms with Crippen LogP contribution in [0.25, 0.3) is 22.3 Å². The van der Waals surface area contributed by atoms with Crippen LogP contribution in [0.2, 0.25) is 0 Å². The number of nitrogens with one attached hydrogen (secondary N) is 1. The van der Waals surface area contributed by atoms with E-state index >= 15 is 0 Å². The molecule has 0 fully saturated rings. The van der Waals surface area contributed by atoms with Gasteiger partial charge in [-0.15, -0.1) is 0 Å². The highest BCUT2D eigenvalue weighted by molar-refractivity contribution is 9.10. The van der Waals surface area contributed by atoms with Gasteiger partial charge in [-0.25, -0.2) is 9.37 Å². The number of nitrogens with zero attached hydrogens (tertiary/aromatic N) is 1. The van der Waals surface area contributed by atoms with E-state index in [-0.39, 0.29) is 11.4 Å². The molecule has 3 rings (SSSR count). The lowest BCUT2D eigenvalue weighted by atomic mass is 10.2. The highest BCUT2D eigenvalue weighted by atomic mass is 79.9. The van der Waals surface area contributed by atoms with Gasteiger partial charge in [0.25, 0.3) is 5.56 Å². The van der Waals surface area contributed by atoms with Crippen molar-refractivity contribution in [2.24, 2.45) is 0 Å². The number of hydrogen-bond donors (Lipinski definition) is 1. The first-order valence-corrected chi connectivity index (χ1v) is 6.39. The zero-order valence-corrected chi connectivity index (χ0v) is 11.2. The number of fused-ring (bicyclic) bond motifs is 1. The van der Waals surface area contributed by atoms with E-state index in [1.165, 1.54) is 12.1 Å². The molecule has 0 radical (unpaired) electrons. The van der Waals surface area contributed by atoms with E-state index in [1.807, 2.05) is 0 Å². The van der Waals surface area contributed by atoms with Crippen LogP contribution in [0, 0.1) is 5.82 Å². The molecule has 0 amide bonds. The Balaban J connectivity index is 2.31. The minimum absolute atomic E-state index is 0.239. The standard InChI is InChI=1S/C14H8BrFN2O/c15-11-6-5-8(16)7-10(11)13-17-12-4-2-1-3-9(12)14(19)18-13/h1-7H,(H,17,18,19). The molecule has 0 bridgehead atoms. The summed E-state index contributed by atoms with van der Waals surface area (Å²) in [6.45, 7) is 0. The van der Waals surface area contributed by atoms with Crippen molar-refractivity contribution < 1.29 is 4.39 Å². The molecule has 0 saturated carbocycles. The van der Waals surface area contributed by atoms with E-state index in [0.29, 0.717) is 26.8 Å². The molecule has 0 aliphatic carbocycles. The number of rotatable bonds is 1. The largest absolute Gasteiger partial charge is 0.306 e. The molecule has 1 N–H and O–H groups in total. The predicted octanol–water partition coefficient (Wildman–Crippen LogP) is 3.49. The van der Waals surface area contributed by atoms with Gasteiger partial charge in [0, 0.05) is 10.0 Å². The summed E-state index contributed by atoms with van der Waals surface area (Å²) in [5, 5.41) is 0.513. The second kappa shape index (κ2) is 4.59. The van der Waals surface area contributed by atoms with E-state index in [9.17, 15) is 9.18 Å². The fourth-order valence-electron chi connectivity index (χ4n) is 1.89. The quantitative estimate of drug-likeness (QED) is 0.746. The minimum atomic E-state index is -0.381. The van der Waals surface area contributed by atoms with Crippen LogP contribution in [0.5, 0.6) is 0 Å². The number of aromatic nitrogens is 2. The summed E-state index contributed by atoms with van der Waals surface area (Å²) in [6, 6.07) is 11.3. The molecule has 1 aromatic heterocycles. The first-order chi connectivity index (χ1) is 9.15. The van der Waals surface area contributed by atoms with Crippen LogP contribution in [0.4, 0.5) is 4.39 Å². The Labute approximate surface area is 116 Å². The summed E-state index contributed by atoms with van der Waals surface area (Å²) in [4.78, 5) is 19.0. The maximum absolute atomic E-state index is 13.3. The number of benzene rings is 2. The first-order valence-electron chi connectivity index (χ1n) is 5.59. The van der Waals surface area contributed by atoms with Gasteiger partial charge in [-0.05, 0) is 30.3 Å². The minimum Gasteiger partial charge on any atom is -0.306 e. The Kier molecular flexibility index (Phi) is 2.91. The number of H-pyrrole nitrogens is 1. The molecule has 0 aliphatic heterocycles. The number of halogens is 2. The van der Waals surface area contributed by atoms with Crippen molar-refractivity contribution in [1.82, 2.24) is 9.97 Å². The van der Waals surface area contributed by atoms with Gasteiger partial charge in [0.15, 0.2) is 0 Å². The molecule has 5 heteroatoms. The maximum Gasteiger partial charge on any atom is 0.259 e. The fraction of sp³-hybridized carbons (Fsp3) is 0. The molecule has 0 unspecified atom stereocenters. The van der Waals surface area contributed by atoms with Gasteiger partial charge < -0.3 is 4.98 Å². The lowest BCUT2D eigenvalue weighted by molar-refractivity contribution is 0.628. The van der Waals surface area contributed by atoms with Gasteiger partial charge in [0.1, 0.15) is 11.6 Å². The van der Waals surface area contributed by atoms with E-state index in [4.69, 9.17) is 0 Å². The third-order valence-corrected chi connectivity index (χ3v) is 3.49. The van der Waals surface area contributed by atoms with Crippen molar-refractivity contribution >= 4 is 26.8 Å². The van der Waals surface area contributed by atoms with E-state index in [1.54, 1.807) is 30.3 Å². The van der Waals surface area contributed by atoms with Gasteiger partial charge in [-0.2, -0.15) is 0 Å². The van der Waals surface area contributed by atoms with E-state index in [0.717, 1.165) is 0 Å². The zero-order valence-electron chi connectivity index (χ0n) is 9.65. The molecule has 19 heavy (non-hydrogen) atoms. The number of aromatic amines is 1. The number of hydrogen-bond acceptors (Lipinski definition) is 2. The molecule has 0 saturated heterocycles. The molecule has 0 spiro atoms. The smallest absolute Gasteiger partial charge is 0.259 e. The summed E-state index contributed by atoms with van der Waals surface area (Å²) in [5.41, 5.74) is 0.858. The Bertz CT molecular complexity index is 829. The summed E-state index contributed by atoms with van der Waals surface area (Å²) in [6.07, 6.45) is 0. The van der Waals surface area contributed by atoms with Crippen molar-refractivity contribution in [2.45, 2.75) is 0 Å². The molecule has 0 aliphatic rings. The summed E-state index contributed by atoms with van der Waals surface area (Å²) in [5.74, 6) is -0.0379. The van der Waals surface area contributed by atoms with Crippen molar-refractivity contribution in [3.8, 4) is 11.4 Å². The topological polar surface area (TPSA) is 45.8 Å². The molecule has 0 atom stereocenters. The van der Waals surface area contributed by atoms with Crippen LogP contribution in [-0.2, 0) is 0 Å². The first kappa shape index (κ1) is 12.0. The van der Waals surface area contributed by atoms with Crippen LogP contribution in [0.1, 0.15) is 0 Å². The Morgan fingerprint density at radius 2 is 1.95 bits per heavy atom. The van der Waals surface area contributed by atoms with Crippen molar-refractivity contribution in [1.29, 1.82) is 0 Å². The molecular formula is C14H8BrFN2O. The van der Waals surface area contributed by atoms with Crippen LogP contribution in [-0.4, -0.2) is 9.97 Å². The average Bonchev–Trinajstić information content (AvgIpc) is 2.41. The molecular weight excluding hydrogens is 311 g/mol. The normalized spacial score (nSPS) is 10.8. The summed E-state index contributed by atoms with van der Waals surface area (Å²) >= 11 is 3.33. The van der Waals surface area contributed by atoms with Gasteiger partial charge in [0.2, 0.25) is 0 Å². The van der Waals surface area contributed by atoms with Crippen LogP contribution < -0.4 is 5.56 Å². The molecule has 3 nitrogen and oxygen atoms in total. The number of para-hydroxylation sites is 1. The van der Waals surface area contributed by atoms with E-state index in [2.05, 4.69) is 25.9 Å². The highest BCUT2D eigenvalue weighted by Crippen LogP contribution is 2.26. The monoisotopic (exact) mass is 318 g/mol. The van der Waals surface area contributed by atoms with Gasteiger partial charge >= 0.3 is 0 Å². The third-order valence-electron chi connectivity index (χ3n) is 2.80. The second-order valence-electron chi connectivity index (χ2n) is 4.06. The SMILES string of the molecule is O=c1[nH]c(-c2cc(F)ccc2Br)nc2ccccc12. The van der Waals surface area contributed by atoms with Crippen molar-refractivity contribution in [3.05, 3.63) is 63.1 Å². The van der Waals surface area contributed by atoms with E-state index < -0.39 is 0 Å². The van der Waals surface area contributed by atoms with Crippen LogP contribution in [0.3, 0.4) is 0 Å². The Morgan fingerprint density at radius 3 is 2.79 bits per heavy atom. The maximum atomic E-state index is 13.3. The third kappa shape index (κ3) is 2.17. The van der Waals surface area contributed by atoms with Gasteiger partial charge in [-0.1, -0.05) is 28.1 Å². The molecule has 3 aromatic rings.